The Morgan fingerprint density at radius 2 is 0.603 bits per heavy atom. The van der Waals surface area contributed by atoms with Crippen LogP contribution in [0.15, 0.2) is 218 Å². The third kappa shape index (κ3) is 5.52. The first-order valence-corrected chi connectivity index (χ1v) is 24.0. The van der Waals surface area contributed by atoms with E-state index in [0.29, 0.717) is 0 Å². The number of benzene rings is 10. The van der Waals surface area contributed by atoms with E-state index in [9.17, 15) is 0 Å². The largest absolute Gasteiger partial charge is 0.309 e. The van der Waals surface area contributed by atoms with Gasteiger partial charge in [-0.2, -0.15) is 0 Å². The molecule has 2 heterocycles. The van der Waals surface area contributed by atoms with E-state index < -0.39 is 0 Å². The minimum Gasteiger partial charge on any atom is -0.309 e. The zero-order chi connectivity index (χ0) is 45.5. The molecule has 0 atom stereocenters. The Morgan fingerprint density at radius 1 is 0.250 bits per heavy atom. The summed E-state index contributed by atoms with van der Waals surface area (Å²) in [5.41, 5.74) is 25.4. The predicted molar refractivity (Wildman–Crippen MR) is 287 cm³/mol. The van der Waals surface area contributed by atoms with Gasteiger partial charge in [-0.3, -0.25) is 0 Å². The van der Waals surface area contributed by atoms with Crippen LogP contribution in [0.25, 0.3) is 111 Å². The molecule has 0 saturated heterocycles. The van der Waals surface area contributed by atoms with Gasteiger partial charge < -0.3 is 9.13 Å². The van der Waals surface area contributed by atoms with Crippen molar-refractivity contribution in [2.45, 2.75) is 38.5 Å². The first-order chi connectivity index (χ1) is 33.2. The van der Waals surface area contributed by atoms with Crippen molar-refractivity contribution in [3.8, 4) is 67.0 Å². The molecule has 0 unspecified atom stereocenters. The number of aromatic nitrogens is 2. The number of para-hydroxylation sites is 2. The molecule has 2 aromatic heterocycles. The Labute approximate surface area is 397 Å². The third-order valence-corrected chi connectivity index (χ3v) is 15.7. The molecule has 0 N–H and O–H groups in total. The van der Waals surface area contributed by atoms with Crippen molar-refractivity contribution in [3.63, 3.8) is 0 Å². The van der Waals surface area contributed by atoms with E-state index in [2.05, 4.69) is 255 Å². The highest BCUT2D eigenvalue weighted by molar-refractivity contribution is 6.13. The lowest BCUT2D eigenvalue weighted by Crippen LogP contribution is -2.14. The van der Waals surface area contributed by atoms with Crippen molar-refractivity contribution in [1.82, 2.24) is 9.13 Å². The van der Waals surface area contributed by atoms with Crippen molar-refractivity contribution in [2.75, 3.05) is 0 Å². The van der Waals surface area contributed by atoms with E-state index in [4.69, 9.17) is 0 Å². The van der Waals surface area contributed by atoms with Gasteiger partial charge in [-0.1, -0.05) is 173 Å². The highest BCUT2D eigenvalue weighted by Crippen LogP contribution is 2.51. The van der Waals surface area contributed by atoms with Gasteiger partial charge in [-0.05, 0) is 151 Å². The van der Waals surface area contributed by atoms with Gasteiger partial charge in [0, 0.05) is 43.7 Å². The zero-order valence-corrected chi connectivity index (χ0v) is 38.7. The van der Waals surface area contributed by atoms with E-state index in [0.717, 1.165) is 11.4 Å². The van der Waals surface area contributed by atoms with Crippen LogP contribution in [0.3, 0.4) is 0 Å². The van der Waals surface area contributed by atoms with Crippen LogP contribution in [0.5, 0.6) is 0 Å². The van der Waals surface area contributed by atoms with Gasteiger partial charge in [0.15, 0.2) is 0 Å². The maximum Gasteiger partial charge on any atom is 0.0541 e. The molecular formula is C66H48N2. The second kappa shape index (κ2) is 14.2. The smallest absolute Gasteiger partial charge is 0.0541 e. The van der Waals surface area contributed by atoms with Gasteiger partial charge >= 0.3 is 0 Å². The molecular weight excluding hydrogens is 821 g/mol. The summed E-state index contributed by atoms with van der Waals surface area (Å²) in [5, 5.41) is 5.00. The molecule has 0 bridgehead atoms. The van der Waals surface area contributed by atoms with Crippen molar-refractivity contribution in [1.29, 1.82) is 0 Å². The molecule has 10 aromatic carbocycles. The molecule has 2 aliphatic rings. The third-order valence-electron chi connectivity index (χ3n) is 15.7. The van der Waals surface area contributed by atoms with E-state index in [1.807, 2.05) is 0 Å². The van der Waals surface area contributed by atoms with E-state index in [1.54, 1.807) is 0 Å². The quantitative estimate of drug-likeness (QED) is 0.163. The van der Waals surface area contributed by atoms with Crippen LogP contribution in [-0.4, -0.2) is 9.13 Å². The van der Waals surface area contributed by atoms with Gasteiger partial charge in [0.1, 0.15) is 0 Å². The maximum absolute atomic E-state index is 2.44. The summed E-state index contributed by atoms with van der Waals surface area (Å²) in [7, 11) is 0. The van der Waals surface area contributed by atoms with Crippen molar-refractivity contribution in [2.24, 2.45) is 0 Å². The monoisotopic (exact) mass is 868 g/mol. The summed E-state index contributed by atoms with van der Waals surface area (Å²) in [6.07, 6.45) is 0. The summed E-state index contributed by atoms with van der Waals surface area (Å²) in [5.74, 6) is 0. The Bertz CT molecular complexity index is 3830. The lowest BCUT2D eigenvalue weighted by molar-refractivity contribution is 0.660. The fraction of sp³-hybridized carbons (Fsp3) is 0.0909. The SMILES string of the molecule is CC1(C)c2ccccc2-c2cc(-c3cccc(-n4c5ccccc5c5cc(-c6ccc7c(c6)c6ccccc6n7-c6cccc(-c7ccc8c(c7)-c7ccccc7C8(C)C)c6)ccc54)c3)ccc21. The van der Waals surface area contributed by atoms with Crippen LogP contribution in [0.4, 0.5) is 0 Å². The molecule has 68 heavy (non-hydrogen) atoms. The number of hydrogen-bond donors (Lipinski definition) is 0. The lowest BCUT2D eigenvalue weighted by Gasteiger charge is -2.21. The van der Waals surface area contributed by atoms with E-state index in [-0.39, 0.29) is 10.8 Å². The number of nitrogens with zero attached hydrogens (tertiary/aromatic N) is 2. The summed E-state index contributed by atoms with van der Waals surface area (Å²) >= 11 is 0. The number of rotatable bonds is 5. The van der Waals surface area contributed by atoms with Crippen LogP contribution in [0.2, 0.25) is 0 Å². The van der Waals surface area contributed by atoms with Crippen LogP contribution >= 0.6 is 0 Å². The molecule has 2 nitrogen and oxygen atoms in total. The van der Waals surface area contributed by atoms with Crippen LogP contribution in [-0.2, 0) is 10.8 Å². The average Bonchev–Trinajstić information content (AvgIpc) is 4.04. The Kier molecular flexibility index (Phi) is 8.12. The second-order valence-electron chi connectivity index (χ2n) is 20.1. The molecule has 0 aliphatic heterocycles. The highest BCUT2D eigenvalue weighted by atomic mass is 15.0. The van der Waals surface area contributed by atoms with Gasteiger partial charge in [-0.25, -0.2) is 0 Å². The second-order valence-corrected chi connectivity index (χ2v) is 20.1. The van der Waals surface area contributed by atoms with Crippen molar-refractivity contribution >= 4 is 43.6 Å². The summed E-state index contributed by atoms with van der Waals surface area (Å²) in [4.78, 5) is 0. The summed E-state index contributed by atoms with van der Waals surface area (Å²) in [6.45, 7) is 9.38. The van der Waals surface area contributed by atoms with Gasteiger partial charge in [0.05, 0.1) is 22.1 Å². The standard InChI is InChI=1S/C66H48N2/c1-65(2)57-23-9-5-19-49(57)53-37-43(27-31-59(53)65)41-15-13-17-47(35-41)67-61-25-11-7-21-51(61)55-39-45(29-33-63(55)67)46-30-34-64-56(40-46)52-22-8-12-26-62(52)68(64)48-18-14-16-42(36-48)44-28-32-60-54(38-44)50-20-6-10-24-58(50)66(60,3)4/h5-40H,1-4H3. The average molecular weight is 869 g/mol. The van der Waals surface area contributed by atoms with E-state index >= 15 is 0 Å². The summed E-state index contributed by atoms with van der Waals surface area (Å²) in [6, 6.07) is 81.8. The van der Waals surface area contributed by atoms with Crippen LogP contribution < -0.4 is 0 Å². The molecule has 14 rings (SSSR count). The fourth-order valence-corrected chi connectivity index (χ4v) is 12.3. The van der Waals surface area contributed by atoms with E-state index in [1.165, 1.54) is 122 Å². The maximum atomic E-state index is 2.44. The number of hydrogen-bond acceptors (Lipinski definition) is 0. The molecule has 0 radical (unpaired) electrons. The first-order valence-electron chi connectivity index (χ1n) is 24.0. The lowest BCUT2D eigenvalue weighted by atomic mass is 9.82. The van der Waals surface area contributed by atoms with Crippen LogP contribution in [0, 0.1) is 0 Å². The summed E-state index contributed by atoms with van der Waals surface area (Å²) < 4.78 is 4.88. The predicted octanol–water partition coefficient (Wildman–Crippen LogP) is 17.5. The van der Waals surface area contributed by atoms with Gasteiger partial charge in [0.25, 0.3) is 0 Å². The molecule has 0 spiro atoms. The first kappa shape index (κ1) is 39.0. The number of fused-ring (bicyclic) bond motifs is 12. The Morgan fingerprint density at radius 3 is 1.07 bits per heavy atom. The molecule has 2 aliphatic carbocycles. The minimum atomic E-state index is -0.0122. The molecule has 0 saturated carbocycles. The molecule has 0 amide bonds. The van der Waals surface area contributed by atoms with Gasteiger partial charge in [-0.15, -0.1) is 0 Å². The topological polar surface area (TPSA) is 9.86 Å². The zero-order valence-electron chi connectivity index (χ0n) is 38.7. The fourth-order valence-electron chi connectivity index (χ4n) is 12.3. The van der Waals surface area contributed by atoms with Crippen molar-refractivity contribution in [3.05, 3.63) is 241 Å². The highest BCUT2D eigenvalue weighted by Gasteiger charge is 2.36. The molecule has 322 valence electrons. The molecule has 0 fully saturated rings. The Hall–Kier alpha value is -8.20. The van der Waals surface area contributed by atoms with Crippen molar-refractivity contribution < 1.29 is 0 Å². The molecule has 2 heteroatoms. The minimum absolute atomic E-state index is 0.0122. The van der Waals surface area contributed by atoms with Gasteiger partial charge in [0.2, 0.25) is 0 Å². The normalized spacial score (nSPS) is 14.1. The van der Waals surface area contributed by atoms with Crippen LogP contribution in [0.1, 0.15) is 49.9 Å². The molecule has 12 aromatic rings. The Balaban J connectivity index is 0.849.